The summed E-state index contributed by atoms with van der Waals surface area (Å²) in [7, 11) is 3.83. The van der Waals surface area contributed by atoms with Gasteiger partial charge in [-0.2, -0.15) is 0 Å². The SMILES string of the molecule is CN=C(/C=C(\N)c1cnc[nH]1)N(C)C1CCOCC1. The van der Waals surface area contributed by atoms with Crippen LogP contribution in [0.1, 0.15) is 18.5 Å². The molecule has 0 aromatic carbocycles. The number of H-pyrrole nitrogens is 1. The molecule has 6 nitrogen and oxygen atoms in total. The van der Waals surface area contributed by atoms with E-state index in [2.05, 4.69) is 26.9 Å². The number of imidazole rings is 1. The fourth-order valence-corrected chi connectivity index (χ4v) is 2.21. The number of likely N-dealkylation sites (N-methyl/N-ethyl adjacent to an activating group) is 1. The van der Waals surface area contributed by atoms with Crippen LogP contribution in [0.4, 0.5) is 0 Å². The average molecular weight is 263 g/mol. The van der Waals surface area contributed by atoms with Crippen molar-refractivity contribution in [1.82, 2.24) is 14.9 Å². The van der Waals surface area contributed by atoms with Crippen molar-refractivity contribution in [2.75, 3.05) is 27.3 Å². The first-order valence-electron chi connectivity index (χ1n) is 6.45. The van der Waals surface area contributed by atoms with Crippen molar-refractivity contribution in [2.24, 2.45) is 10.7 Å². The molecule has 0 amide bonds. The molecule has 0 aliphatic carbocycles. The number of aromatic amines is 1. The predicted octanol–water partition coefficient (Wildman–Crippen LogP) is 0.848. The predicted molar refractivity (Wildman–Crippen MR) is 75.7 cm³/mol. The van der Waals surface area contributed by atoms with Gasteiger partial charge in [0.05, 0.1) is 23.9 Å². The van der Waals surface area contributed by atoms with E-state index < -0.39 is 0 Å². The van der Waals surface area contributed by atoms with Crippen LogP contribution in [0.15, 0.2) is 23.6 Å². The van der Waals surface area contributed by atoms with Crippen molar-refractivity contribution in [1.29, 1.82) is 0 Å². The van der Waals surface area contributed by atoms with Gasteiger partial charge < -0.3 is 20.4 Å². The van der Waals surface area contributed by atoms with Crippen LogP contribution in [-0.4, -0.2) is 54.1 Å². The maximum absolute atomic E-state index is 6.04. The number of nitrogens with zero attached hydrogens (tertiary/aromatic N) is 3. The number of nitrogens with one attached hydrogen (secondary N) is 1. The van der Waals surface area contributed by atoms with E-state index >= 15 is 0 Å². The highest BCUT2D eigenvalue weighted by molar-refractivity contribution is 5.98. The molecule has 6 heteroatoms. The Morgan fingerprint density at radius 2 is 2.32 bits per heavy atom. The zero-order valence-corrected chi connectivity index (χ0v) is 11.5. The fraction of sp³-hybridized carbons (Fsp3) is 0.538. The number of hydrogen-bond donors (Lipinski definition) is 2. The van der Waals surface area contributed by atoms with Crippen molar-refractivity contribution in [3.63, 3.8) is 0 Å². The third-order valence-corrected chi connectivity index (χ3v) is 3.42. The van der Waals surface area contributed by atoms with E-state index in [4.69, 9.17) is 10.5 Å². The summed E-state index contributed by atoms with van der Waals surface area (Å²) >= 11 is 0. The summed E-state index contributed by atoms with van der Waals surface area (Å²) in [6.07, 6.45) is 7.23. The Hall–Kier alpha value is -1.82. The fourth-order valence-electron chi connectivity index (χ4n) is 2.21. The quantitative estimate of drug-likeness (QED) is 0.626. The van der Waals surface area contributed by atoms with Crippen molar-refractivity contribution < 1.29 is 4.74 Å². The maximum Gasteiger partial charge on any atom is 0.125 e. The van der Waals surface area contributed by atoms with Gasteiger partial charge in [0, 0.05) is 39.4 Å². The number of aromatic nitrogens is 2. The molecule has 1 fully saturated rings. The molecule has 1 aromatic heterocycles. The third kappa shape index (κ3) is 3.35. The van der Waals surface area contributed by atoms with Gasteiger partial charge in [-0.1, -0.05) is 0 Å². The molecular weight excluding hydrogens is 242 g/mol. The highest BCUT2D eigenvalue weighted by Crippen LogP contribution is 2.15. The number of amidine groups is 1. The molecule has 0 saturated carbocycles. The normalized spacial score (nSPS) is 18.6. The van der Waals surface area contributed by atoms with E-state index in [1.54, 1.807) is 19.6 Å². The van der Waals surface area contributed by atoms with Gasteiger partial charge in [0.15, 0.2) is 0 Å². The molecule has 1 aliphatic heterocycles. The maximum atomic E-state index is 6.04. The van der Waals surface area contributed by atoms with Gasteiger partial charge in [0.1, 0.15) is 5.84 Å². The molecule has 2 rings (SSSR count). The van der Waals surface area contributed by atoms with E-state index in [1.165, 1.54) is 0 Å². The standard InChI is InChI=1S/C13H21N5O/c1-15-13(7-11(14)12-8-16-9-17-12)18(2)10-3-5-19-6-4-10/h7-10H,3-6,14H2,1-2H3,(H,16,17)/b11-7-,15-13?. The first-order valence-corrected chi connectivity index (χ1v) is 6.45. The molecule has 104 valence electrons. The van der Waals surface area contributed by atoms with Gasteiger partial charge in [0.2, 0.25) is 0 Å². The summed E-state index contributed by atoms with van der Waals surface area (Å²) in [6.45, 7) is 1.62. The Balaban J connectivity index is 2.09. The summed E-state index contributed by atoms with van der Waals surface area (Å²) in [6, 6.07) is 0.457. The zero-order chi connectivity index (χ0) is 13.7. The van der Waals surface area contributed by atoms with Gasteiger partial charge in [-0.05, 0) is 12.8 Å². The molecule has 2 heterocycles. The molecule has 1 aromatic rings. The van der Waals surface area contributed by atoms with E-state index in [-0.39, 0.29) is 0 Å². The number of hydrogen-bond acceptors (Lipinski definition) is 4. The molecule has 0 radical (unpaired) electrons. The summed E-state index contributed by atoms with van der Waals surface area (Å²) < 4.78 is 5.38. The highest BCUT2D eigenvalue weighted by atomic mass is 16.5. The van der Waals surface area contributed by atoms with Crippen LogP contribution in [0, 0.1) is 0 Å². The van der Waals surface area contributed by atoms with Crippen LogP contribution in [-0.2, 0) is 4.74 Å². The first kappa shape index (κ1) is 13.6. The second-order valence-corrected chi connectivity index (χ2v) is 4.60. The minimum atomic E-state index is 0.457. The van der Waals surface area contributed by atoms with Gasteiger partial charge in [-0.3, -0.25) is 4.99 Å². The van der Waals surface area contributed by atoms with Gasteiger partial charge in [0.25, 0.3) is 0 Å². The Morgan fingerprint density at radius 1 is 1.58 bits per heavy atom. The molecular formula is C13H21N5O. The molecule has 19 heavy (non-hydrogen) atoms. The minimum Gasteiger partial charge on any atom is -0.397 e. The number of nitrogens with two attached hydrogens (primary N) is 1. The van der Waals surface area contributed by atoms with E-state index in [0.29, 0.717) is 11.7 Å². The molecule has 0 spiro atoms. The lowest BCUT2D eigenvalue weighted by atomic mass is 10.1. The number of rotatable bonds is 3. The van der Waals surface area contributed by atoms with Crippen molar-refractivity contribution >= 4 is 11.5 Å². The zero-order valence-electron chi connectivity index (χ0n) is 11.5. The van der Waals surface area contributed by atoms with Gasteiger partial charge in [-0.15, -0.1) is 0 Å². The second-order valence-electron chi connectivity index (χ2n) is 4.60. The van der Waals surface area contributed by atoms with Crippen LogP contribution in [0.3, 0.4) is 0 Å². The number of aliphatic imine (C=N–C) groups is 1. The Labute approximate surface area is 113 Å². The molecule has 3 N–H and O–H groups in total. The van der Waals surface area contributed by atoms with E-state index in [9.17, 15) is 0 Å². The van der Waals surface area contributed by atoms with E-state index in [1.807, 2.05) is 6.08 Å². The summed E-state index contributed by atoms with van der Waals surface area (Å²) in [5, 5.41) is 0. The lowest BCUT2D eigenvalue weighted by molar-refractivity contribution is 0.0607. The van der Waals surface area contributed by atoms with E-state index in [0.717, 1.165) is 37.6 Å². The second kappa shape index (κ2) is 6.38. The molecule has 0 bridgehead atoms. The van der Waals surface area contributed by atoms with Gasteiger partial charge >= 0.3 is 0 Å². The lowest BCUT2D eigenvalue weighted by Crippen LogP contribution is -2.40. The molecule has 1 saturated heterocycles. The smallest absolute Gasteiger partial charge is 0.125 e. The highest BCUT2D eigenvalue weighted by Gasteiger charge is 2.20. The molecule has 0 unspecified atom stereocenters. The Bertz CT molecular complexity index is 446. The van der Waals surface area contributed by atoms with Crippen LogP contribution in [0.25, 0.3) is 5.70 Å². The summed E-state index contributed by atoms with van der Waals surface area (Å²) in [5.41, 5.74) is 7.48. The summed E-state index contributed by atoms with van der Waals surface area (Å²) in [4.78, 5) is 13.4. The first-order chi connectivity index (χ1) is 9.22. The van der Waals surface area contributed by atoms with Crippen molar-refractivity contribution in [2.45, 2.75) is 18.9 Å². The van der Waals surface area contributed by atoms with Gasteiger partial charge in [-0.25, -0.2) is 4.98 Å². The Kier molecular flexibility index (Phi) is 4.57. The average Bonchev–Trinajstić information content (AvgIpc) is 2.99. The minimum absolute atomic E-state index is 0.457. The van der Waals surface area contributed by atoms with Crippen LogP contribution >= 0.6 is 0 Å². The summed E-state index contributed by atoms with van der Waals surface area (Å²) in [5.74, 6) is 0.874. The van der Waals surface area contributed by atoms with Crippen molar-refractivity contribution in [3.8, 4) is 0 Å². The Morgan fingerprint density at radius 3 is 2.89 bits per heavy atom. The lowest BCUT2D eigenvalue weighted by Gasteiger charge is -2.32. The number of ether oxygens (including phenoxy) is 1. The molecule has 0 atom stereocenters. The van der Waals surface area contributed by atoms with Crippen LogP contribution in [0.2, 0.25) is 0 Å². The monoisotopic (exact) mass is 263 g/mol. The third-order valence-electron chi connectivity index (χ3n) is 3.42. The van der Waals surface area contributed by atoms with Crippen LogP contribution in [0.5, 0.6) is 0 Å². The largest absolute Gasteiger partial charge is 0.397 e. The van der Waals surface area contributed by atoms with Crippen LogP contribution < -0.4 is 5.73 Å². The molecule has 1 aliphatic rings. The van der Waals surface area contributed by atoms with Crippen molar-refractivity contribution in [3.05, 3.63) is 24.3 Å². The topological polar surface area (TPSA) is 79.5 Å².